The number of alkyl halides is 3. The van der Waals surface area contributed by atoms with Crippen molar-refractivity contribution >= 4 is 16.8 Å². The van der Waals surface area contributed by atoms with Crippen molar-refractivity contribution in [2.45, 2.75) is 45.3 Å². The van der Waals surface area contributed by atoms with Crippen LogP contribution in [0.3, 0.4) is 0 Å². The number of fused-ring (bicyclic) bond motifs is 1. The molecule has 1 aromatic heterocycles. The molecule has 3 nitrogen and oxygen atoms in total. The summed E-state index contributed by atoms with van der Waals surface area (Å²) in [6.07, 6.45) is -2.29. The molecule has 1 amide bonds. The van der Waals surface area contributed by atoms with Gasteiger partial charge < -0.3 is 9.88 Å². The molecule has 3 aromatic carbocycles. The maximum absolute atomic E-state index is 13.7. The van der Waals surface area contributed by atoms with Gasteiger partial charge in [-0.3, -0.25) is 4.79 Å². The molecule has 6 heteroatoms. The van der Waals surface area contributed by atoms with E-state index in [0.29, 0.717) is 24.1 Å². The lowest BCUT2D eigenvalue weighted by atomic mass is 9.87. The van der Waals surface area contributed by atoms with E-state index < -0.39 is 11.7 Å². The van der Waals surface area contributed by atoms with Crippen LogP contribution in [0.5, 0.6) is 0 Å². The zero-order valence-electron chi connectivity index (χ0n) is 20.1. The predicted molar refractivity (Wildman–Crippen MR) is 133 cm³/mol. The van der Waals surface area contributed by atoms with E-state index in [-0.39, 0.29) is 17.9 Å². The molecule has 0 fully saturated rings. The number of nitrogens with zero attached hydrogens (tertiary/aromatic N) is 1. The first-order valence-corrected chi connectivity index (χ1v) is 11.6. The third kappa shape index (κ3) is 5.76. The van der Waals surface area contributed by atoms with Crippen molar-refractivity contribution in [3.8, 4) is 0 Å². The highest BCUT2D eigenvalue weighted by atomic mass is 19.4. The Morgan fingerprint density at radius 3 is 2.26 bits per heavy atom. The molecule has 0 saturated heterocycles. The third-order valence-electron chi connectivity index (χ3n) is 6.22. The Hall–Kier alpha value is -3.54. The summed E-state index contributed by atoms with van der Waals surface area (Å²) in [5, 5.41) is 0.934. The first kappa shape index (κ1) is 24.6. The van der Waals surface area contributed by atoms with Crippen molar-refractivity contribution in [2.24, 2.45) is 0 Å². The Bertz CT molecular complexity index is 1310. The molecule has 0 aliphatic heterocycles. The molecular weight excluding hydrogens is 449 g/mol. The zero-order valence-corrected chi connectivity index (χ0v) is 20.1. The molecule has 0 unspecified atom stereocenters. The molecule has 0 aliphatic rings. The van der Waals surface area contributed by atoms with Crippen LogP contribution in [-0.4, -0.2) is 22.3 Å². The van der Waals surface area contributed by atoms with Gasteiger partial charge in [-0.2, -0.15) is 13.2 Å². The lowest BCUT2D eigenvalue weighted by Gasteiger charge is -2.25. The molecule has 0 atom stereocenters. The number of aromatic nitrogens is 1. The van der Waals surface area contributed by atoms with E-state index in [0.717, 1.165) is 28.6 Å². The molecule has 0 spiro atoms. The van der Waals surface area contributed by atoms with Crippen molar-refractivity contribution in [3.05, 3.63) is 107 Å². The summed E-state index contributed by atoms with van der Waals surface area (Å²) in [4.78, 5) is 18.5. The number of halogens is 3. The summed E-state index contributed by atoms with van der Waals surface area (Å²) < 4.78 is 39.5. The number of nitrogens with one attached hydrogen (secondary N) is 1. The van der Waals surface area contributed by atoms with Crippen molar-refractivity contribution in [1.82, 2.24) is 9.88 Å². The minimum atomic E-state index is -4.40. The van der Waals surface area contributed by atoms with Gasteiger partial charge >= 0.3 is 6.18 Å². The van der Waals surface area contributed by atoms with Crippen LogP contribution in [0, 0.1) is 0 Å². The van der Waals surface area contributed by atoms with Gasteiger partial charge in [0.15, 0.2) is 0 Å². The van der Waals surface area contributed by atoms with Crippen LogP contribution in [-0.2, 0) is 24.6 Å². The standard InChI is InChI=1S/C29H29F3N2O/c1-28(2,3)23-12-10-21(11-13-23)19-34(17-15-20-6-4-8-24(18-20)29(30,31)32)27(35)25-9-5-7-22-14-16-33-26(22)25/h4-14,16,18,33H,15,17,19H2,1-3H3. The fourth-order valence-electron chi connectivity index (χ4n) is 4.18. The molecule has 4 rings (SSSR count). The summed E-state index contributed by atoms with van der Waals surface area (Å²) in [6.45, 7) is 7.08. The van der Waals surface area contributed by atoms with Gasteiger partial charge in [-0.05, 0) is 46.7 Å². The van der Waals surface area contributed by atoms with E-state index in [9.17, 15) is 18.0 Å². The Morgan fingerprint density at radius 2 is 1.57 bits per heavy atom. The van der Waals surface area contributed by atoms with Crippen molar-refractivity contribution < 1.29 is 18.0 Å². The van der Waals surface area contributed by atoms with Crippen LogP contribution in [0.25, 0.3) is 10.9 Å². The second kappa shape index (κ2) is 9.61. The van der Waals surface area contributed by atoms with Crippen LogP contribution in [0.2, 0.25) is 0 Å². The highest BCUT2D eigenvalue weighted by molar-refractivity contribution is 6.05. The van der Waals surface area contributed by atoms with Crippen LogP contribution in [0.4, 0.5) is 13.2 Å². The lowest BCUT2D eigenvalue weighted by molar-refractivity contribution is -0.137. The number of para-hydroxylation sites is 1. The fourth-order valence-corrected chi connectivity index (χ4v) is 4.18. The number of carbonyl (C=O) groups is 1. The molecule has 1 N–H and O–H groups in total. The maximum atomic E-state index is 13.7. The van der Waals surface area contributed by atoms with E-state index in [4.69, 9.17) is 0 Å². The molecule has 0 aliphatic carbocycles. The van der Waals surface area contributed by atoms with E-state index in [1.807, 2.05) is 30.3 Å². The van der Waals surface area contributed by atoms with E-state index in [1.165, 1.54) is 11.6 Å². The highest BCUT2D eigenvalue weighted by Crippen LogP contribution is 2.30. The first-order valence-electron chi connectivity index (χ1n) is 11.6. The topological polar surface area (TPSA) is 36.1 Å². The smallest absolute Gasteiger partial charge is 0.361 e. The second-order valence-electron chi connectivity index (χ2n) is 9.87. The zero-order chi connectivity index (χ0) is 25.2. The molecule has 0 bridgehead atoms. The summed E-state index contributed by atoms with van der Waals surface area (Å²) in [6, 6.07) is 20.9. The molecule has 35 heavy (non-hydrogen) atoms. The molecule has 1 heterocycles. The minimum absolute atomic E-state index is 0.0147. The number of benzene rings is 3. The molecule has 4 aromatic rings. The number of hydrogen-bond donors (Lipinski definition) is 1. The quantitative estimate of drug-likeness (QED) is 0.309. The summed E-state index contributed by atoms with van der Waals surface area (Å²) >= 11 is 0. The summed E-state index contributed by atoms with van der Waals surface area (Å²) in [7, 11) is 0. The second-order valence-corrected chi connectivity index (χ2v) is 9.87. The number of aromatic amines is 1. The largest absolute Gasteiger partial charge is 0.416 e. The van der Waals surface area contributed by atoms with Crippen LogP contribution < -0.4 is 0 Å². The monoisotopic (exact) mass is 478 g/mol. The van der Waals surface area contributed by atoms with Gasteiger partial charge in [-0.25, -0.2) is 0 Å². The molecule has 0 radical (unpaired) electrons. The SMILES string of the molecule is CC(C)(C)c1ccc(CN(CCc2cccc(C(F)(F)F)c2)C(=O)c2cccc3cc[nH]c23)cc1. The van der Waals surface area contributed by atoms with Crippen LogP contribution >= 0.6 is 0 Å². The van der Waals surface area contributed by atoms with E-state index in [2.05, 4.69) is 37.9 Å². The highest BCUT2D eigenvalue weighted by Gasteiger charge is 2.30. The maximum Gasteiger partial charge on any atom is 0.416 e. The number of carbonyl (C=O) groups excluding carboxylic acids is 1. The number of H-pyrrole nitrogens is 1. The Labute approximate surface area is 203 Å². The predicted octanol–water partition coefficient (Wildman–Crippen LogP) is 7.37. The summed E-state index contributed by atoms with van der Waals surface area (Å²) in [5.41, 5.74) is 3.34. The number of hydrogen-bond acceptors (Lipinski definition) is 1. The van der Waals surface area contributed by atoms with Gasteiger partial charge in [0.2, 0.25) is 0 Å². The van der Waals surface area contributed by atoms with Gasteiger partial charge in [0.1, 0.15) is 0 Å². The molecule has 182 valence electrons. The lowest BCUT2D eigenvalue weighted by Crippen LogP contribution is -2.32. The number of amides is 1. The van der Waals surface area contributed by atoms with Crippen LogP contribution in [0.15, 0.2) is 79.0 Å². The fraction of sp³-hybridized carbons (Fsp3) is 0.276. The Balaban J connectivity index is 1.61. The number of rotatable bonds is 6. The van der Waals surface area contributed by atoms with E-state index in [1.54, 1.807) is 23.2 Å². The molecular formula is C29H29F3N2O. The van der Waals surface area contributed by atoms with Gasteiger partial charge in [0.05, 0.1) is 16.6 Å². The Kier molecular flexibility index (Phi) is 6.75. The first-order chi connectivity index (χ1) is 16.5. The summed E-state index contributed by atoms with van der Waals surface area (Å²) in [5.74, 6) is -0.162. The molecule has 0 saturated carbocycles. The Morgan fingerprint density at radius 1 is 0.857 bits per heavy atom. The van der Waals surface area contributed by atoms with Crippen molar-refractivity contribution in [2.75, 3.05) is 6.54 Å². The van der Waals surface area contributed by atoms with Gasteiger partial charge in [0, 0.05) is 24.7 Å². The van der Waals surface area contributed by atoms with Crippen LogP contribution in [0.1, 0.15) is 53.4 Å². The third-order valence-corrected chi connectivity index (χ3v) is 6.22. The average Bonchev–Trinajstić information content (AvgIpc) is 3.30. The van der Waals surface area contributed by atoms with Gasteiger partial charge in [-0.1, -0.05) is 75.4 Å². The van der Waals surface area contributed by atoms with Gasteiger partial charge in [-0.15, -0.1) is 0 Å². The van der Waals surface area contributed by atoms with Gasteiger partial charge in [0.25, 0.3) is 5.91 Å². The van der Waals surface area contributed by atoms with Crippen molar-refractivity contribution in [3.63, 3.8) is 0 Å². The average molecular weight is 479 g/mol. The van der Waals surface area contributed by atoms with E-state index >= 15 is 0 Å². The normalized spacial score (nSPS) is 12.2. The minimum Gasteiger partial charge on any atom is -0.361 e. The van der Waals surface area contributed by atoms with Crippen molar-refractivity contribution in [1.29, 1.82) is 0 Å².